The van der Waals surface area contributed by atoms with Gasteiger partial charge in [-0.3, -0.25) is 4.79 Å². The van der Waals surface area contributed by atoms with Gasteiger partial charge >= 0.3 is 5.97 Å². The van der Waals surface area contributed by atoms with E-state index in [-0.39, 0.29) is 11.5 Å². The summed E-state index contributed by atoms with van der Waals surface area (Å²) in [7, 11) is 0. The molecule has 1 fully saturated rings. The molecular weight excluding hydrogens is 591 g/mol. The van der Waals surface area contributed by atoms with Crippen molar-refractivity contribution >= 4 is 80.3 Å². The first kappa shape index (κ1) is 20.7. The summed E-state index contributed by atoms with van der Waals surface area (Å²) in [5.41, 5.74) is 0.949. The van der Waals surface area contributed by atoms with Gasteiger partial charge in [0.1, 0.15) is 0 Å². The van der Waals surface area contributed by atoms with Gasteiger partial charge in [0.15, 0.2) is 0 Å². The molecule has 4 nitrogen and oxygen atoms in total. The van der Waals surface area contributed by atoms with Crippen LogP contribution in [0.2, 0.25) is 10.0 Å². The lowest BCUT2D eigenvalue weighted by Gasteiger charge is -2.04. The second-order valence-electron chi connectivity index (χ2n) is 5.31. The standard InChI is InChI=1S/C10H9ClINO.C7H4ClIO2/c11-8-4-1-6(5-9(8)12)10(14)13-7-2-3-7;8-5-2-1-4(7(10)11)3-6(5)9/h1,4-5,7H,2-3H2,(H,13,14);1-3H,(H,10,11). The lowest BCUT2D eigenvalue weighted by Crippen LogP contribution is -2.25. The lowest BCUT2D eigenvalue weighted by atomic mass is 10.2. The number of hydrogen-bond donors (Lipinski definition) is 2. The number of carbonyl (C=O) groups is 2. The SMILES string of the molecule is O=C(NC1CC1)c1ccc(Cl)c(I)c1.O=C(O)c1ccc(Cl)c(I)c1. The van der Waals surface area contributed by atoms with Crippen molar-refractivity contribution in [3.05, 3.63) is 64.7 Å². The van der Waals surface area contributed by atoms with E-state index in [4.69, 9.17) is 28.3 Å². The molecule has 0 radical (unpaired) electrons. The smallest absolute Gasteiger partial charge is 0.335 e. The third-order valence-corrected chi connectivity index (χ3v) is 6.34. The fraction of sp³-hybridized carbons (Fsp3) is 0.176. The van der Waals surface area contributed by atoms with Gasteiger partial charge in [-0.05, 0) is 94.4 Å². The number of hydrogen-bond acceptors (Lipinski definition) is 2. The zero-order valence-electron chi connectivity index (χ0n) is 12.7. The van der Waals surface area contributed by atoms with Crippen LogP contribution < -0.4 is 5.32 Å². The van der Waals surface area contributed by atoms with Gasteiger partial charge in [0, 0.05) is 18.7 Å². The summed E-state index contributed by atoms with van der Waals surface area (Å²) in [6.45, 7) is 0. The molecule has 0 atom stereocenters. The van der Waals surface area contributed by atoms with Gasteiger partial charge in [-0.15, -0.1) is 0 Å². The van der Waals surface area contributed by atoms with Crippen LogP contribution in [-0.2, 0) is 0 Å². The molecule has 2 aromatic carbocycles. The fourth-order valence-corrected chi connectivity index (χ4v) is 3.03. The number of amides is 1. The molecule has 0 heterocycles. The Kier molecular flexibility index (Phi) is 7.78. The number of carbonyl (C=O) groups excluding carboxylic acids is 1. The maximum absolute atomic E-state index is 11.6. The molecule has 0 aliphatic heterocycles. The van der Waals surface area contributed by atoms with E-state index in [1.807, 2.05) is 22.6 Å². The molecule has 132 valence electrons. The minimum Gasteiger partial charge on any atom is -0.478 e. The summed E-state index contributed by atoms with van der Waals surface area (Å²) in [6, 6.07) is 10.3. The predicted octanol–water partition coefficient (Wildman–Crippen LogP) is 5.48. The molecule has 3 rings (SSSR count). The van der Waals surface area contributed by atoms with Crippen LogP contribution in [0.15, 0.2) is 36.4 Å². The van der Waals surface area contributed by atoms with Crippen LogP contribution in [0.5, 0.6) is 0 Å². The molecule has 1 aliphatic rings. The van der Waals surface area contributed by atoms with E-state index in [0.717, 1.165) is 20.0 Å². The number of aromatic carboxylic acids is 1. The monoisotopic (exact) mass is 603 g/mol. The van der Waals surface area contributed by atoms with Crippen molar-refractivity contribution in [3.63, 3.8) is 0 Å². The normalized spacial score (nSPS) is 12.8. The number of nitrogens with one attached hydrogen (secondary N) is 1. The predicted molar refractivity (Wildman–Crippen MR) is 116 cm³/mol. The first-order chi connectivity index (χ1) is 11.8. The topological polar surface area (TPSA) is 66.4 Å². The van der Waals surface area contributed by atoms with Crippen LogP contribution in [0.4, 0.5) is 0 Å². The van der Waals surface area contributed by atoms with Crippen molar-refractivity contribution in [3.8, 4) is 0 Å². The minimum absolute atomic E-state index is 0.00193. The Morgan fingerprint density at radius 3 is 1.88 bits per heavy atom. The van der Waals surface area contributed by atoms with E-state index >= 15 is 0 Å². The van der Waals surface area contributed by atoms with E-state index in [1.165, 1.54) is 12.1 Å². The molecule has 0 spiro atoms. The van der Waals surface area contributed by atoms with Crippen molar-refractivity contribution in [1.29, 1.82) is 0 Å². The average Bonchev–Trinajstić information content (AvgIpc) is 3.37. The van der Waals surface area contributed by atoms with Gasteiger partial charge in [-0.2, -0.15) is 0 Å². The average molecular weight is 604 g/mol. The summed E-state index contributed by atoms with van der Waals surface area (Å²) >= 11 is 15.7. The number of rotatable bonds is 3. The highest BCUT2D eigenvalue weighted by Gasteiger charge is 2.23. The van der Waals surface area contributed by atoms with Gasteiger partial charge in [0.25, 0.3) is 5.91 Å². The number of halogens is 4. The quantitative estimate of drug-likeness (QED) is 0.457. The van der Waals surface area contributed by atoms with Crippen molar-refractivity contribution in [2.45, 2.75) is 18.9 Å². The molecule has 0 unspecified atom stereocenters. The minimum atomic E-state index is -0.931. The third kappa shape index (κ3) is 6.58. The van der Waals surface area contributed by atoms with Crippen LogP contribution in [0.3, 0.4) is 0 Å². The van der Waals surface area contributed by atoms with Gasteiger partial charge in [-0.1, -0.05) is 23.2 Å². The zero-order valence-corrected chi connectivity index (χ0v) is 18.6. The Labute approximate surface area is 182 Å². The van der Waals surface area contributed by atoms with Gasteiger partial charge in [0.2, 0.25) is 0 Å². The first-order valence-corrected chi connectivity index (χ1v) is 10.1. The van der Waals surface area contributed by atoms with Gasteiger partial charge < -0.3 is 10.4 Å². The molecule has 0 bridgehead atoms. The molecule has 2 aromatic rings. The Bertz CT molecular complexity index is 810. The second kappa shape index (κ2) is 9.38. The number of carboxylic acids is 1. The maximum atomic E-state index is 11.6. The number of benzene rings is 2. The van der Waals surface area contributed by atoms with Crippen molar-refractivity contribution in [1.82, 2.24) is 5.32 Å². The highest BCUT2D eigenvalue weighted by molar-refractivity contribution is 14.1. The van der Waals surface area contributed by atoms with Crippen molar-refractivity contribution < 1.29 is 14.7 Å². The lowest BCUT2D eigenvalue weighted by molar-refractivity contribution is 0.0696. The molecule has 0 aromatic heterocycles. The first-order valence-electron chi connectivity index (χ1n) is 7.22. The van der Waals surface area contributed by atoms with Gasteiger partial charge in [0.05, 0.1) is 15.6 Å². The summed E-state index contributed by atoms with van der Waals surface area (Å²) < 4.78 is 1.66. The highest BCUT2D eigenvalue weighted by Crippen LogP contribution is 2.22. The molecule has 2 N–H and O–H groups in total. The summed E-state index contributed by atoms with van der Waals surface area (Å²) in [5, 5.41) is 12.8. The molecule has 1 aliphatic carbocycles. The van der Waals surface area contributed by atoms with Gasteiger partial charge in [-0.25, -0.2) is 4.79 Å². The van der Waals surface area contributed by atoms with Crippen LogP contribution in [0.1, 0.15) is 33.6 Å². The van der Waals surface area contributed by atoms with E-state index in [0.29, 0.717) is 21.7 Å². The molecule has 8 heteroatoms. The highest BCUT2D eigenvalue weighted by atomic mass is 127. The van der Waals surface area contributed by atoms with Crippen LogP contribution in [-0.4, -0.2) is 23.0 Å². The summed E-state index contributed by atoms with van der Waals surface area (Å²) in [5.74, 6) is -0.929. The van der Waals surface area contributed by atoms with E-state index < -0.39 is 5.97 Å². The van der Waals surface area contributed by atoms with Crippen LogP contribution >= 0.6 is 68.4 Å². The molecule has 1 amide bonds. The van der Waals surface area contributed by atoms with Crippen LogP contribution in [0.25, 0.3) is 0 Å². The Morgan fingerprint density at radius 2 is 1.44 bits per heavy atom. The summed E-state index contributed by atoms with van der Waals surface area (Å²) in [6.07, 6.45) is 2.22. The summed E-state index contributed by atoms with van der Waals surface area (Å²) in [4.78, 5) is 22.0. The zero-order chi connectivity index (χ0) is 18.6. The second-order valence-corrected chi connectivity index (χ2v) is 8.45. The Balaban J connectivity index is 0.000000186. The van der Waals surface area contributed by atoms with Crippen molar-refractivity contribution in [2.75, 3.05) is 0 Å². The maximum Gasteiger partial charge on any atom is 0.335 e. The van der Waals surface area contributed by atoms with E-state index in [9.17, 15) is 9.59 Å². The van der Waals surface area contributed by atoms with E-state index in [1.54, 1.807) is 24.3 Å². The third-order valence-electron chi connectivity index (χ3n) is 3.26. The Morgan fingerprint density at radius 1 is 0.960 bits per heavy atom. The molecule has 0 saturated heterocycles. The largest absolute Gasteiger partial charge is 0.478 e. The van der Waals surface area contributed by atoms with Crippen LogP contribution in [0, 0.1) is 7.14 Å². The van der Waals surface area contributed by atoms with Crippen molar-refractivity contribution in [2.24, 2.45) is 0 Å². The van der Waals surface area contributed by atoms with E-state index in [2.05, 4.69) is 27.9 Å². The molecule has 25 heavy (non-hydrogen) atoms. The Hall–Kier alpha value is -0.580. The number of carboxylic acid groups (broad SMARTS) is 1. The molecule has 1 saturated carbocycles. The fourth-order valence-electron chi connectivity index (χ4n) is 1.76. The molecular formula is C17H13Cl2I2NO3.